The molecule has 3 aromatic rings. The highest BCUT2D eigenvalue weighted by atomic mass is 19.4. The van der Waals surface area contributed by atoms with E-state index in [-0.39, 0.29) is 5.69 Å². The first-order chi connectivity index (χ1) is 14.1. The predicted octanol–water partition coefficient (Wildman–Crippen LogP) is 4.89. The number of hydrogen-bond acceptors (Lipinski definition) is 2. The molecule has 0 saturated carbocycles. The number of urea groups is 1. The first-order valence-electron chi connectivity index (χ1n) is 8.59. The van der Waals surface area contributed by atoms with Crippen LogP contribution in [0, 0.1) is 12.7 Å². The van der Waals surface area contributed by atoms with Gasteiger partial charge in [0.15, 0.2) is 0 Å². The second-order valence-electron chi connectivity index (χ2n) is 6.43. The van der Waals surface area contributed by atoms with Crippen molar-refractivity contribution in [2.75, 3.05) is 10.6 Å². The van der Waals surface area contributed by atoms with Crippen molar-refractivity contribution in [3.63, 3.8) is 0 Å². The Hall–Kier alpha value is -3.82. The minimum Gasteiger partial charge on any atom is -0.364 e. The lowest BCUT2D eigenvalue weighted by Crippen LogP contribution is -2.20. The SMILES string of the molecule is Cc1c[nH]c(C(N)=O)c1-c1ccc(NC(=O)Nc2cc(C(F)(F)F)ccc2F)cc1. The van der Waals surface area contributed by atoms with Crippen LogP contribution < -0.4 is 16.4 Å². The Morgan fingerprint density at radius 2 is 1.70 bits per heavy atom. The molecule has 0 aliphatic rings. The number of H-pyrrole nitrogens is 1. The molecular formula is C20H16F4N4O2. The molecule has 0 saturated heterocycles. The number of nitrogens with two attached hydrogens (primary N) is 1. The number of carbonyl (C=O) groups excluding carboxylic acids is 2. The van der Waals surface area contributed by atoms with Crippen molar-refractivity contribution in [3.05, 3.63) is 71.3 Å². The summed E-state index contributed by atoms with van der Waals surface area (Å²) in [5.41, 5.74) is 6.27. The smallest absolute Gasteiger partial charge is 0.364 e. The maximum absolute atomic E-state index is 13.8. The molecule has 0 aliphatic heterocycles. The van der Waals surface area contributed by atoms with Crippen LogP contribution in [0.4, 0.5) is 33.7 Å². The van der Waals surface area contributed by atoms with Crippen molar-refractivity contribution >= 4 is 23.3 Å². The van der Waals surface area contributed by atoms with Crippen LogP contribution in [0.3, 0.4) is 0 Å². The Kier molecular flexibility index (Phi) is 5.50. The molecule has 10 heteroatoms. The molecule has 0 radical (unpaired) electrons. The number of anilines is 2. The van der Waals surface area contributed by atoms with E-state index in [0.29, 0.717) is 35.0 Å². The van der Waals surface area contributed by atoms with Gasteiger partial charge in [0.05, 0.1) is 11.3 Å². The van der Waals surface area contributed by atoms with E-state index in [1.807, 2.05) is 0 Å². The monoisotopic (exact) mass is 420 g/mol. The summed E-state index contributed by atoms with van der Waals surface area (Å²) in [6.07, 6.45) is -3.03. The van der Waals surface area contributed by atoms with Crippen LogP contribution in [-0.4, -0.2) is 16.9 Å². The summed E-state index contributed by atoms with van der Waals surface area (Å²) >= 11 is 0. The molecule has 5 N–H and O–H groups in total. The van der Waals surface area contributed by atoms with Crippen molar-refractivity contribution < 1.29 is 27.2 Å². The average molecular weight is 420 g/mol. The fourth-order valence-electron chi connectivity index (χ4n) is 2.89. The molecule has 30 heavy (non-hydrogen) atoms. The van der Waals surface area contributed by atoms with Crippen LogP contribution in [-0.2, 0) is 6.18 Å². The molecule has 3 rings (SSSR count). The lowest BCUT2D eigenvalue weighted by Gasteiger charge is -2.12. The van der Waals surface area contributed by atoms with Crippen molar-refractivity contribution in [3.8, 4) is 11.1 Å². The number of amides is 3. The predicted molar refractivity (Wildman–Crippen MR) is 104 cm³/mol. The molecule has 156 valence electrons. The standard InChI is InChI=1S/C20H16F4N4O2/c1-10-9-26-17(18(25)29)16(10)11-2-5-13(6-3-11)27-19(30)28-15-8-12(20(22,23)24)4-7-14(15)21/h2-9,26H,1H3,(H2,25,29)(H2,27,28,30). The zero-order valence-corrected chi connectivity index (χ0v) is 15.5. The van der Waals surface area contributed by atoms with Gasteiger partial charge in [0.1, 0.15) is 11.5 Å². The number of aromatic nitrogens is 1. The van der Waals surface area contributed by atoms with Gasteiger partial charge in [-0.3, -0.25) is 4.79 Å². The Labute approximate surface area is 168 Å². The van der Waals surface area contributed by atoms with Crippen LogP contribution >= 0.6 is 0 Å². The summed E-state index contributed by atoms with van der Waals surface area (Å²) in [7, 11) is 0. The van der Waals surface area contributed by atoms with Crippen LogP contribution in [0.15, 0.2) is 48.7 Å². The van der Waals surface area contributed by atoms with Crippen LogP contribution in [0.25, 0.3) is 11.1 Å². The molecule has 0 fully saturated rings. The first kappa shape index (κ1) is 20.9. The second kappa shape index (κ2) is 7.90. The van der Waals surface area contributed by atoms with Gasteiger partial charge in [0.25, 0.3) is 5.91 Å². The Morgan fingerprint density at radius 1 is 1.03 bits per heavy atom. The Balaban J connectivity index is 1.75. The van der Waals surface area contributed by atoms with Crippen LogP contribution in [0.5, 0.6) is 0 Å². The van der Waals surface area contributed by atoms with Gasteiger partial charge in [-0.1, -0.05) is 12.1 Å². The minimum absolute atomic E-state index is 0.242. The number of hydrogen-bond donors (Lipinski definition) is 4. The normalized spacial score (nSPS) is 11.2. The van der Waals surface area contributed by atoms with Gasteiger partial charge < -0.3 is 21.4 Å². The molecule has 0 unspecified atom stereocenters. The van der Waals surface area contributed by atoms with E-state index < -0.39 is 35.2 Å². The number of carbonyl (C=O) groups is 2. The maximum Gasteiger partial charge on any atom is 0.416 e. The number of rotatable bonds is 4. The number of alkyl halides is 3. The summed E-state index contributed by atoms with van der Waals surface area (Å²) in [6, 6.07) is 7.10. The molecule has 1 heterocycles. The summed E-state index contributed by atoms with van der Waals surface area (Å²) < 4.78 is 52.0. The molecule has 2 aromatic carbocycles. The van der Waals surface area contributed by atoms with Gasteiger partial charge in [-0.25, -0.2) is 9.18 Å². The molecular weight excluding hydrogens is 404 g/mol. The number of primary amides is 1. The number of aryl methyl sites for hydroxylation is 1. The van der Waals surface area contributed by atoms with E-state index in [9.17, 15) is 27.2 Å². The van der Waals surface area contributed by atoms with Gasteiger partial charge in [-0.05, 0) is 48.4 Å². The lowest BCUT2D eigenvalue weighted by molar-refractivity contribution is -0.137. The van der Waals surface area contributed by atoms with E-state index >= 15 is 0 Å². The maximum atomic E-state index is 13.8. The van der Waals surface area contributed by atoms with Crippen LogP contribution in [0.1, 0.15) is 21.6 Å². The zero-order chi connectivity index (χ0) is 22.1. The molecule has 1 aromatic heterocycles. The van der Waals surface area contributed by atoms with E-state index in [0.717, 1.165) is 5.56 Å². The van der Waals surface area contributed by atoms with Gasteiger partial charge in [-0.2, -0.15) is 13.2 Å². The van der Waals surface area contributed by atoms with Crippen molar-refractivity contribution in [1.82, 2.24) is 4.98 Å². The van der Waals surface area contributed by atoms with E-state index in [2.05, 4.69) is 15.6 Å². The van der Waals surface area contributed by atoms with E-state index in [1.54, 1.807) is 25.3 Å². The van der Waals surface area contributed by atoms with Gasteiger partial charge >= 0.3 is 12.2 Å². The fraction of sp³-hybridized carbons (Fsp3) is 0.100. The largest absolute Gasteiger partial charge is 0.416 e. The van der Waals surface area contributed by atoms with Crippen LogP contribution in [0.2, 0.25) is 0 Å². The van der Waals surface area contributed by atoms with Gasteiger partial charge in [0.2, 0.25) is 0 Å². The van der Waals surface area contributed by atoms with Crippen molar-refractivity contribution in [2.24, 2.45) is 5.73 Å². The molecule has 0 spiro atoms. The number of nitrogens with one attached hydrogen (secondary N) is 3. The fourth-order valence-corrected chi connectivity index (χ4v) is 2.89. The molecule has 0 atom stereocenters. The van der Waals surface area contributed by atoms with Gasteiger partial charge in [0, 0.05) is 17.4 Å². The average Bonchev–Trinajstić information content (AvgIpc) is 3.05. The third-order valence-electron chi connectivity index (χ3n) is 4.30. The molecule has 0 bridgehead atoms. The van der Waals surface area contributed by atoms with E-state index in [1.165, 1.54) is 12.1 Å². The Bertz CT molecular complexity index is 1100. The number of aromatic amines is 1. The first-order valence-corrected chi connectivity index (χ1v) is 8.59. The number of halogens is 4. The highest BCUT2D eigenvalue weighted by molar-refractivity contribution is 6.01. The highest BCUT2D eigenvalue weighted by Crippen LogP contribution is 2.32. The topological polar surface area (TPSA) is 100 Å². The van der Waals surface area contributed by atoms with Crippen molar-refractivity contribution in [2.45, 2.75) is 13.1 Å². The summed E-state index contributed by atoms with van der Waals surface area (Å²) in [4.78, 5) is 26.4. The lowest BCUT2D eigenvalue weighted by atomic mass is 10.0. The highest BCUT2D eigenvalue weighted by Gasteiger charge is 2.31. The third-order valence-corrected chi connectivity index (χ3v) is 4.30. The molecule has 6 nitrogen and oxygen atoms in total. The van der Waals surface area contributed by atoms with Gasteiger partial charge in [-0.15, -0.1) is 0 Å². The summed E-state index contributed by atoms with van der Waals surface area (Å²) in [5, 5.41) is 4.46. The molecule has 0 aliphatic carbocycles. The van der Waals surface area contributed by atoms with E-state index in [4.69, 9.17) is 5.73 Å². The summed E-state index contributed by atoms with van der Waals surface area (Å²) in [6.45, 7) is 1.79. The Morgan fingerprint density at radius 3 is 2.30 bits per heavy atom. The minimum atomic E-state index is -4.67. The van der Waals surface area contributed by atoms with Crippen molar-refractivity contribution in [1.29, 1.82) is 0 Å². The zero-order valence-electron chi connectivity index (χ0n) is 15.5. The quantitative estimate of drug-likeness (QED) is 0.452. The third kappa shape index (κ3) is 4.43. The number of benzene rings is 2. The second-order valence-corrected chi connectivity index (χ2v) is 6.43. The summed E-state index contributed by atoms with van der Waals surface area (Å²) in [5.74, 6) is -1.63. The molecule has 3 amide bonds.